The molecule has 0 radical (unpaired) electrons. The van der Waals surface area contributed by atoms with Crippen molar-refractivity contribution in [3.63, 3.8) is 0 Å². The van der Waals surface area contributed by atoms with Crippen LogP contribution in [-0.4, -0.2) is 24.2 Å². The molecule has 100 valence electrons. The highest BCUT2D eigenvalue weighted by atomic mass is 16.5. The number of rotatable bonds is 6. The van der Waals surface area contributed by atoms with Gasteiger partial charge < -0.3 is 14.6 Å². The highest BCUT2D eigenvalue weighted by Gasteiger charge is 2.10. The molecule has 0 saturated carbocycles. The quantitative estimate of drug-likeness (QED) is 0.808. The number of ether oxygens (including phenoxy) is 1. The first kappa shape index (κ1) is 13.1. The van der Waals surface area contributed by atoms with Crippen molar-refractivity contribution < 1.29 is 14.1 Å². The van der Waals surface area contributed by atoms with E-state index < -0.39 is 0 Å². The number of benzene rings is 1. The summed E-state index contributed by atoms with van der Waals surface area (Å²) in [5.74, 6) is 0.821. The highest BCUT2D eigenvalue weighted by molar-refractivity contribution is 5.91. The maximum absolute atomic E-state index is 11.6. The highest BCUT2D eigenvalue weighted by Crippen LogP contribution is 2.08. The summed E-state index contributed by atoms with van der Waals surface area (Å²) in [5.41, 5.74) is 0.692. The largest absolute Gasteiger partial charge is 0.494 e. The van der Waals surface area contributed by atoms with Crippen LogP contribution in [0.4, 0.5) is 0 Å². The Balaban J connectivity index is 1.63. The first-order valence-electron chi connectivity index (χ1n) is 6.15. The van der Waals surface area contributed by atoms with Crippen molar-refractivity contribution >= 4 is 5.91 Å². The molecule has 1 heterocycles. The van der Waals surface area contributed by atoms with Gasteiger partial charge in [-0.2, -0.15) is 0 Å². The van der Waals surface area contributed by atoms with Crippen molar-refractivity contribution in [1.82, 2.24) is 10.5 Å². The van der Waals surface area contributed by atoms with E-state index in [1.165, 1.54) is 0 Å². The van der Waals surface area contributed by atoms with Crippen LogP contribution < -0.4 is 10.1 Å². The molecular formula is C14H16N2O3. The SMILES string of the molecule is Cc1cc(C(=O)NCCCOc2ccccc2)on1. The van der Waals surface area contributed by atoms with Crippen LogP contribution >= 0.6 is 0 Å². The van der Waals surface area contributed by atoms with Crippen LogP contribution in [0.15, 0.2) is 40.9 Å². The van der Waals surface area contributed by atoms with Crippen LogP contribution in [0.3, 0.4) is 0 Å². The first-order chi connectivity index (χ1) is 9.25. The zero-order chi connectivity index (χ0) is 13.5. The molecule has 1 aromatic heterocycles. The van der Waals surface area contributed by atoms with Gasteiger partial charge in [0.2, 0.25) is 5.76 Å². The van der Waals surface area contributed by atoms with Gasteiger partial charge in [-0.05, 0) is 25.5 Å². The summed E-state index contributed by atoms with van der Waals surface area (Å²) in [5, 5.41) is 6.41. The van der Waals surface area contributed by atoms with E-state index in [0.717, 1.165) is 12.2 Å². The van der Waals surface area contributed by atoms with Crippen molar-refractivity contribution in [2.75, 3.05) is 13.2 Å². The van der Waals surface area contributed by atoms with Gasteiger partial charge in [-0.15, -0.1) is 0 Å². The van der Waals surface area contributed by atoms with Crippen molar-refractivity contribution in [1.29, 1.82) is 0 Å². The lowest BCUT2D eigenvalue weighted by Crippen LogP contribution is -2.25. The molecule has 5 nitrogen and oxygen atoms in total. The van der Waals surface area contributed by atoms with E-state index in [1.54, 1.807) is 13.0 Å². The van der Waals surface area contributed by atoms with Crippen molar-refractivity contribution in [2.45, 2.75) is 13.3 Å². The molecule has 0 fully saturated rings. The van der Waals surface area contributed by atoms with E-state index in [9.17, 15) is 4.79 Å². The number of amides is 1. The second-order valence-electron chi connectivity index (χ2n) is 4.10. The maximum atomic E-state index is 11.6. The molecule has 0 atom stereocenters. The van der Waals surface area contributed by atoms with Gasteiger partial charge >= 0.3 is 0 Å². The number of nitrogens with one attached hydrogen (secondary N) is 1. The van der Waals surface area contributed by atoms with Crippen LogP contribution in [0.25, 0.3) is 0 Å². The Morgan fingerprint density at radius 1 is 1.37 bits per heavy atom. The van der Waals surface area contributed by atoms with Crippen molar-refractivity contribution in [2.24, 2.45) is 0 Å². The lowest BCUT2D eigenvalue weighted by Gasteiger charge is -2.06. The number of nitrogens with zero attached hydrogens (tertiary/aromatic N) is 1. The van der Waals surface area contributed by atoms with Crippen LogP contribution in [0.5, 0.6) is 5.75 Å². The Bertz CT molecular complexity index is 522. The van der Waals surface area contributed by atoms with E-state index in [-0.39, 0.29) is 11.7 Å². The minimum Gasteiger partial charge on any atom is -0.494 e. The number of aromatic nitrogens is 1. The average Bonchev–Trinajstić information content (AvgIpc) is 2.86. The maximum Gasteiger partial charge on any atom is 0.289 e. The molecule has 0 unspecified atom stereocenters. The fourth-order valence-corrected chi connectivity index (χ4v) is 1.54. The van der Waals surface area contributed by atoms with Crippen LogP contribution in [-0.2, 0) is 0 Å². The second kappa shape index (κ2) is 6.58. The monoisotopic (exact) mass is 260 g/mol. The number of carbonyl (C=O) groups is 1. The molecule has 5 heteroatoms. The molecule has 1 amide bonds. The standard InChI is InChI=1S/C14H16N2O3/c1-11-10-13(19-16-11)14(17)15-8-5-9-18-12-6-3-2-4-7-12/h2-4,6-7,10H,5,8-9H2,1H3,(H,15,17). The molecule has 0 saturated heterocycles. The topological polar surface area (TPSA) is 64.4 Å². The fourth-order valence-electron chi connectivity index (χ4n) is 1.54. The lowest BCUT2D eigenvalue weighted by atomic mass is 10.3. The molecule has 0 aliphatic rings. The van der Waals surface area contributed by atoms with Gasteiger partial charge in [0.25, 0.3) is 5.91 Å². The molecule has 0 aliphatic heterocycles. The third kappa shape index (κ3) is 4.13. The van der Waals surface area contributed by atoms with Crippen LogP contribution in [0.1, 0.15) is 22.7 Å². The Kier molecular flexibility index (Phi) is 4.55. The van der Waals surface area contributed by atoms with Crippen molar-refractivity contribution in [3.05, 3.63) is 47.9 Å². The molecule has 2 rings (SSSR count). The van der Waals surface area contributed by atoms with Crippen LogP contribution in [0, 0.1) is 6.92 Å². The molecule has 0 bridgehead atoms. The molecule has 1 N–H and O–H groups in total. The van der Waals surface area contributed by atoms with E-state index in [0.29, 0.717) is 18.8 Å². The van der Waals surface area contributed by atoms with E-state index in [2.05, 4.69) is 10.5 Å². The fraction of sp³-hybridized carbons (Fsp3) is 0.286. The smallest absolute Gasteiger partial charge is 0.289 e. The zero-order valence-corrected chi connectivity index (χ0v) is 10.8. The van der Waals surface area contributed by atoms with E-state index >= 15 is 0 Å². The van der Waals surface area contributed by atoms with Crippen molar-refractivity contribution in [3.8, 4) is 5.75 Å². The Labute approximate surface area is 111 Å². The molecular weight excluding hydrogens is 244 g/mol. The molecule has 2 aromatic rings. The summed E-state index contributed by atoms with van der Waals surface area (Å²) >= 11 is 0. The molecule has 0 aliphatic carbocycles. The van der Waals surface area contributed by atoms with Gasteiger partial charge in [0.15, 0.2) is 0 Å². The minimum atomic E-state index is -0.250. The third-order valence-electron chi connectivity index (χ3n) is 2.47. The summed E-state index contributed by atoms with van der Waals surface area (Å²) in [6.45, 7) is 2.86. The number of para-hydroxylation sites is 1. The molecule has 0 spiro atoms. The van der Waals surface area contributed by atoms with E-state index in [4.69, 9.17) is 9.26 Å². The molecule has 19 heavy (non-hydrogen) atoms. The third-order valence-corrected chi connectivity index (χ3v) is 2.47. The second-order valence-corrected chi connectivity index (χ2v) is 4.10. The van der Waals surface area contributed by atoms with Gasteiger partial charge in [-0.25, -0.2) is 0 Å². The van der Waals surface area contributed by atoms with Gasteiger partial charge in [-0.1, -0.05) is 23.4 Å². The van der Waals surface area contributed by atoms with Crippen LogP contribution in [0.2, 0.25) is 0 Å². The number of aryl methyl sites for hydroxylation is 1. The zero-order valence-electron chi connectivity index (χ0n) is 10.8. The number of hydrogen-bond acceptors (Lipinski definition) is 4. The summed E-state index contributed by atoms with van der Waals surface area (Å²) in [4.78, 5) is 11.6. The summed E-state index contributed by atoms with van der Waals surface area (Å²) in [6, 6.07) is 11.2. The van der Waals surface area contributed by atoms with Gasteiger partial charge in [0.1, 0.15) is 5.75 Å². The Hall–Kier alpha value is -2.30. The summed E-state index contributed by atoms with van der Waals surface area (Å²) in [7, 11) is 0. The van der Waals surface area contributed by atoms with Gasteiger partial charge in [0.05, 0.1) is 12.3 Å². The Morgan fingerprint density at radius 2 is 2.16 bits per heavy atom. The number of carbonyl (C=O) groups excluding carboxylic acids is 1. The first-order valence-corrected chi connectivity index (χ1v) is 6.15. The predicted octanol–water partition coefficient (Wildman–Crippen LogP) is 2.18. The Morgan fingerprint density at radius 3 is 2.84 bits per heavy atom. The van der Waals surface area contributed by atoms with E-state index in [1.807, 2.05) is 30.3 Å². The normalized spacial score (nSPS) is 10.2. The summed E-state index contributed by atoms with van der Waals surface area (Å²) in [6.07, 6.45) is 0.730. The number of hydrogen-bond donors (Lipinski definition) is 1. The lowest BCUT2D eigenvalue weighted by molar-refractivity contribution is 0.0914. The van der Waals surface area contributed by atoms with Gasteiger partial charge in [-0.3, -0.25) is 4.79 Å². The predicted molar refractivity (Wildman–Crippen MR) is 70.1 cm³/mol. The average molecular weight is 260 g/mol. The van der Waals surface area contributed by atoms with Gasteiger partial charge in [0, 0.05) is 12.6 Å². The molecule has 1 aromatic carbocycles. The minimum absolute atomic E-state index is 0.237. The summed E-state index contributed by atoms with van der Waals surface area (Å²) < 4.78 is 10.4.